The van der Waals surface area contributed by atoms with Crippen molar-refractivity contribution < 1.29 is 9.47 Å². The molecule has 0 radical (unpaired) electrons. The van der Waals surface area contributed by atoms with Gasteiger partial charge in [-0.3, -0.25) is 14.3 Å². The van der Waals surface area contributed by atoms with Crippen molar-refractivity contribution in [3.63, 3.8) is 0 Å². The van der Waals surface area contributed by atoms with Crippen LogP contribution in [0.25, 0.3) is 28.0 Å². The Bertz CT molecular complexity index is 1210. The van der Waals surface area contributed by atoms with Crippen LogP contribution in [0.15, 0.2) is 58.1 Å². The smallest absolute Gasteiger partial charge is 0.349 e. The highest BCUT2D eigenvalue weighted by molar-refractivity contribution is 5.87. The molecule has 4 rings (SSSR count). The Balaban J connectivity index is 2.24. The number of para-hydroxylation sites is 1. The fraction of sp³-hybridized carbons (Fsp3) is 0.105. The molecule has 26 heavy (non-hydrogen) atoms. The number of H-pyrrole nitrogens is 1. The van der Waals surface area contributed by atoms with Gasteiger partial charge < -0.3 is 9.47 Å². The lowest BCUT2D eigenvalue weighted by Crippen LogP contribution is -2.27. The quantitative estimate of drug-likeness (QED) is 0.573. The molecule has 0 aliphatic carbocycles. The zero-order valence-electron chi connectivity index (χ0n) is 14.1. The maximum atomic E-state index is 12.3. The maximum Gasteiger partial charge on any atom is 0.349 e. The minimum Gasteiger partial charge on any atom is -0.497 e. The summed E-state index contributed by atoms with van der Waals surface area (Å²) in [4.78, 5) is 30.5. The van der Waals surface area contributed by atoms with E-state index >= 15 is 0 Å². The first kappa shape index (κ1) is 15.9. The van der Waals surface area contributed by atoms with Crippen molar-refractivity contribution >= 4 is 10.9 Å². The number of rotatable bonds is 3. The predicted molar refractivity (Wildman–Crippen MR) is 97.7 cm³/mol. The average molecular weight is 349 g/mol. The Morgan fingerprint density at radius 3 is 2.58 bits per heavy atom. The van der Waals surface area contributed by atoms with Gasteiger partial charge in [-0.05, 0) is 29.7 Å². The van der Waals surface area contributed by atoms with Gasteiger partial charge in [-0.15, -0.1) is 0 Å². The van der Waals surface area contributed by atoms with E-state index < -0.39 is 11.2 Å². The standard InChI is InChI=1S/C19H15N3O4/c1-25-12-7-8-16(26-2)15(10-12)22-14-6-4-3-5-11(14)9-13-17(22)20-19(24)21-18(13)23/h3-10H,1-2H3,(H,21,23,24). The van der Waals surface area contributed by atoms with E-state index in [1.165, 1.54) is 0 Å². The number of hydrogen-bond acceptors (Lipinski definition) is 5. The van der Waals surface area contributed by atoms with Crippen molar-refractivity contribution in [2.75, 3.05) is 14.2 Å². The molecule has 2 heterocycles. The van der Waals surface area contributed by atoms with Crippen LogP contribution in [-0.2, 0) is 0 Å². The molecule has 0 unspecified atom stereocenters. The SMILES string of the molecule is COc1ccc(OC)c(-n2c3nc(=O)[nH]c(=O)c-3cc3ccccc32)c1. The molecule has 0 saturated carbocycles. The lowest BCUT2D eigenvalue weighted by atomic mass is 10.1. The molecule has 0 atom stereocenters. The summed E-state index contributed by atoms with van der Waals surface area (Å²) in [7, 11) is 3.12. The van der Waals surface area contributed by atoms with E-state index in [0.717, 1.165) is 10.9 Å². The second kappa shape index (κ2) is 6.03. The summed E-state index contributed by atoms with van der Waals surface area (Å²) >= 11 is 0. The molecule has 0 amide bonds. The number of nitrogens with one attached hydrogen (secondary N) is 1. The van der Waals surface area contributed by atoms with Crippen molar-refractivity contribution in [2.24, 2.45) is 0 Å². The van der Waals surface area contributed by atoms with E-state index in [1.807, 2.05) is 24.3 Å². The molecule has 2 aliphatic heterocycles. The molecular weight excluding hydrogens is 334 g/mol. The van der Waals surface area contributed by atoms with Crippen LogP contribution in [-0.4, -0.2) is 28.8 Å². The van der Waals surface area contributed by atoms with Gasteiger partial charge in [0, 0.05) is 6.07 Å². The van der Waals surface area contributed by atoms with Crippen molar-refractivity contribution in [1.82, 2.24) is 14.5 Å². The number of ether oxygens (including phenoxy) is 2. The van der Waals surface area contributed by atoms with Crippen molar-refractivity contribution in [3.05, 3.63) is 69.4 Å². The average Bonchev–Trinajstić information content (AvgIpc) is 2.66. The Morgan fingerprint density at radius 1 is 1.00 bits per heavy atom. The number of methoxy groups -OCH3 is 2. The highest BCUT2D eigenvalue weighted by atomic mass is 16.5. The molecule has 0 saturated heterocycles. The molecular formula is C19H15N3O4. The van der Waals surface area contributed by atoms with Gasteiger partial charge in [0.1, 0.15) is 11.5 Å². The summed E-state index contributed by atoms with van der Waals surface area (Å²) in [5.74, 6) is 1.42. The van der Waals surface area contributed by atoms with Gasteiger partial charge in [-0.25, -0.2) is 4.79 Å². The molecule has 0 spiro atoms. The number of pyridine rings is 1. The molecule has 2 aromatic carbocycles. The predicted octanol–water partition coefficient (Wildman–Crippen LogP) is 2.20. The monoisotopic (exact) mass is 349 g/mol. The molecule has 7 heteroatoms. The first-order valence-electron chi connectivity index (χ1n) is 7.89. The molecule has 0 fully saturated rings. The Hall–Kier alpha value is -3.61. The fourth-order valence-electron chi connectivity index (χ4n) is 3.05. The van der Waals surface area contributed by atoms with Gasteiger partial charge in [0.15, 0.2) is 5.82 Å². The topological polar surface area (TPSA) is 86.2 Å². The zero-order chi connectivity index (χ0) is 18.3. The minimum atomic E-state index is -0.701. The van der Waals surface area contributed by atoms with Gasteiger partial charge in [0.25, 0.3) is 5.56 Å². The third kappa shape index (κ3) is 2.41. The van der Waals surface area contributed by atoms with Crippen LogP contribution in [0.4, 0.5) is 0 Å². The zero-order valence-corrected chi connectivity index (χ0v) is 14.1. The Morgan fingerprint density at radius 2 is 1.81 bits per heavy atom. The van der Waals surface area contributed by atoms with Crippen LogP contribution >= 0.6 is 0 Å². The van der Waals surface area contributed by atoms with E-state index in [1.54, 1.807) is 43.1 Å². The number of benzene rings is 2. The van der Waals surface area contributed by atoms with Gasteiger partial charge >= 0.3 is 5.69 Å². The Kier molecular flexibility index (Phi) is 3.69. The minimum absolute atomic E-state index is 0.254. The molecule has 7 nitrogen and oxygen atoms in total. The molecule has 2 aliphatic rings. The van der Waals surface area contributed by atoms with E-state index in [-0.39, 0.29) is 5.82 Å². The van der Waals surface area contributed by atoms with E-state index in [4.69, 9.17) is 9.47 Å². The lowest BCUT2D eigenvalue weighted by Gasteiger charge is -2.20. The second-order valence-corrected chi connectivity index (χ2v) is 5.68. The summed E-state index contributed by atoms with van der Waals surface area (Å²) in [6.07, 6.45) is 0. The van der Waals surface area contributed by atoms with Crippen LogP contribution in [0.1, 0.15) is 0 Å². The molecule has 1 N–H and O–H groups in total. The van der Waals surface area contributed by atoms with Crippen molar-refractivity contribution in [3.8, 4) is 28.6 Å². The highest BCUT2D eigenvalue weighted by Crippen LogP contribution is 2.34. The first-order valence-corrected chi connectivity index (χ1v) is 7.89. The maximum absolute atomic E-state index is 12.3. The lowest BCUT2D eigenvalue weighted by molar-refractivity contribution is 0.402. The third-order valence-electron chi connectivity index (χ3n) is 4.23. The molecule has 2 aromatic rings. The second-order valence-electron chi connectivity index (χ2n) is 5.68. The van der Waals surface area contributed by atoms with Gasteiger partial charge in [0.05, 0.1) is 31.0 Å². The van der Waals surface area contributed by atoms with Crippen LogP contribution in [0.3, 0.4) is 0 Å². The summed E-state index contributed by atoms with van der Waals surface area (Å²) in [5, 5.41) is 0.829. The van der Waals surface area contributed by atoms with Gasteiger partial charge in [-0.2, -0.15) is 4.98 Å². The van der Waals surface area contributed by atoms with Crippen LogP contribution in [0.2, 0.25) is 0 Å². The Labute approximate surface area is 147 Å². The van der Waals surface area contributed by atoms with Crippen LogP contribution in [0.5, 0.6) is 11.5 Å². The summed E-state index contributed by atoms with van der Waals surface area (Å²) in [6, 6.07) is 14.6. The van der Waals surface area contributed by atoms with Crippen LogP contribution in [0, 0.1) is 0 Å². The number of nitrogens with zero attached hydrogens (tertiary/aromatic N) is 2. The number of hydrogen-bond donors (Lipinski definition) is 1. The number of aromatic nitrogens is 3. The van der Waals surface area contributed by atoms with E-state index in [0.29, 0.717) is 22.7 Å². The fourth-order valence-corrected chi connectivity index (χ4v) is 3.05. The molecule has 0 bridgehead atoms. The van der Waals surface area contributed by atoms with Gasteiger partial charge in [0.2, 0.25) is 0 Å². The number of fused-ring (bicyclic) bond motifs is 2. The van der Waals surface area contributed by atoms with Gasteiger partial charge in [-0.1, -0.05) is 18.2 Å². The van der Waals surface area contributed by atoms with Crippen molar-refractivity contribution in [2.45, 2.75) is 0 Å². The van der Waals surface area contributed by atoms with Crippen molar-refractivity contribution in [1.29, 1.82) is 0 Å². The molecule has 0 aromatic heterocycles. The van der Waals surface area contributed by atoms with E-state index in [9.17, 15) is 9.59 Å². The normalized spacial score (nSPS) is 11.0. The summed E-state index contributed by atoms with van der Waals surface area (Å²) < 4.78 is 12.6. The largest absolute Gasteiger partial charge is 0.497 e. The van der Waals surface area contributed by atoms with Crippen LogP contribution < -0.4 is 20.7 Å². The number of aromatic amines is 1. The third-order valence-corrected chi connectivity index (χ3v) is 4.23. The first-order chi connectivity index (χ1) is 12.6. The summed E-state index contributed by atoms with van der Waals surface area (Å²) in [6.45, 7) is 0. The summed E-state index contributed by atoms with van der Waals surface area (Å²) in [5.41, 5.74) is 0.526. The molecule has 130 valence electrons. The highest BCUT2D eigenvalue weighted by Gasteiger charge is 2.20. The van der Waals surface area contributed by atoms with E-state index in [2.05, 4.69) is 9.97 Å².